The number of nitro groups is 1. The molecule has 0 heterocycles. The number of carbonyl (C=O) groups excluding carboxylic acids is 2. The lowest BCUT2D eigenvalue weighted by Crippen LogP contribution is -2.32. The normalized spacial score (nSPS) is 11.4. The maximum atomic E-state index is 12.2. The maximum Gasteiger partial charge on any atom is 0.341 e. The molecule has 0 aliphatic rings. The molecule has 0 fully saturated rings. The summed E-state index contributed by atoms with van der Waals surface area (Å²) in [6.07, 6.45) is 1.60. The summed E-state index contributed by atoms with van der Waals surface area (Å²) in [6.45, 7) is 1.50. The van der Waals surface area contributed by atoms with Crippen LogP contribution in [-0.2, 0) is 9.53 Å². The molecule has 0 unspecified atom stereocenters. The van der Waals surface area contributed by atoms with Gasteiger partial charge in [0.1, 0.15) is 0 Å². The molecule has 2 rings (SSSR count). The molecular weight excluding hydrogens is 350 g/mol. The number of nitro benzene ring substituents is 1. The molecule has 1 amide bonds. The Morgan fingerprint density at radius 1 is 1.22 bits per heavy atom. The number of carbonyl (C=O) groups is 2. The van der Waals surface area contributed by atoms with Gasteiger partial charge < -0.3 is 15.8 Å². The van der Waals surface area contributed by atoms with Crippen LogP contribution in [0.1, 0.15) is 41.7 Å². The second-order valence-corrected chi connectivity index (χ2v) is 5.92. The topological polar surface area (TPSA) is 125 Å². The van der Waals surface area contributed by atoms with Crippen LogP contribution in [0.5, 0.6) is 0 Å². The van der Waals surface area contributed by atoms with Gasteiger partial charge in [0.05, 0.1) is 16.5 Å². The van der Waals surface area contributed by atoms with Crippen molar-refractivity contribution >= 4 is 23.3 Å². The van der Waals surface area contributed by atoms with Gasteiger partial charge in [0.15, 0.2) is 6.61 Å². The number of nitrogens with two attached hydrogens (primary N) is 1. The van der Waals surface area contributed by atoms with Gasteiger partial charge in [-0.15, -0.1) is 0 Å². The molecule has 3 N–H and O–H groups in total. The number of hydrogen-bond donors (Lipinski definition) is 2. The number of nitrogen functional groups attached to an aromatic ring is 1. The van der Waals surface area contributed by atoms with Gasteiger partial charge in [-0.1, -0.05) is 43.7 Å². The first kappa shape index (κ1) is 19.9. The van der Waals surface area contributed by atoms with Crippen LogP contribution in [0.4, 0.5) is 11.4 Å². The van der Waals surface area contributed by atoms with Crippen molar-refractivity contribution in [3.8, 4) is 0 Å². The number of rotatable bonds is 8. The summed E-state index contributed by atoms with van der Waals surface area (Å²) in [4.78, 5) is 34.5. The van der Waals surface area contributed by atoms with E-state index in [0.717, 1.165) is 24.5 Å². The summed E-state index contributed by atoms with van der Waals surface area (Å²) in [5.41, 5.74) is 6.24. The van der Waals surface area contributed by atoms with E-state index in [1.165, 1.54) is 12.1 Å². The van der Waals surface area contributed by atoms with Crippen molar-refractivity contribution in [2.45, 2.75) is 25.8 Å². The Balaban J connectivity index is 1.99. The van der Waals surface area contributed by atoms with Gasteiger partial charge in [-0.3, -0.25) is 14.9 Å². The Bertz CT molecular complexity index is 823. The Kier molecular flexibility index (Phi) is 6.87. The van der Waals surface area contributed by atoms with E-state index in [-0.39, 0.29) is 23.0 Å². The first-order valence-corrected chi connectivity index (χ1v) is 8.47. The largest absolute Gasteiger partial charge is 0.452 e. The van der Waals surface area contributed by atoms with Crippen LogP contribution in [0.25, 0.3) is 0 Å². The molecule has 0 saturated carbocycles. The Morgan fingerprint density at radius 3 is 2.56 bits per heavy atom. The lowest BCUT2D eigenvalue weighted by molar-refractivity contribution is -0.384. The van der Waals surface area contributed by atoms with E-state index in [4.69, 9.17) is 10.5 Å². The first-order valence-electron chi connectivity index (χ1n) is 8.47. The number of nitrogens with one attached hydrogen (secondary N) is 1. The summed E-state index contributed by atoms with van der Waals surface area (Å²) in [5, 5.41) is 13.6. The highest BCUT2D eigenvalue weighted by Gasteiger charge is 2.19. The van der Waals surface area contributed by atoms with Crippen LogP contribution < -0.4 is 11.1 Å². The van der Waals surface area contributed by atoms with Crippen molar-refractivity contribution < 1.29 is 19.2 Å². The molecule has 142 valence electrons. The SMILES string of the molecule is CCC[C@H](NC(=O)COC(=O)c1cc([N+](=O)[O-])ccc1N)c1ccccc1. The molecule has 0 saturated heterocycles. The number of esters is 1. The second kappa shape index (κ2) is 9.33. The van der Waals surface area contributed by atoms with Crippen LogP contribution >= 0.6 is 0 Å². The summed E-state index contributed by atoms with van der Waals surface area (Å²) in [6, 6.07) is 12.8. The molecular formula is C19H21N3O5. The van der Waals surface area contributed by atoms with Crippen molar-refractivity contribution in [2.24, 2.45) is 0 Å². The van der Waals surface area contributed by atoms with Gasteiger partial charge in [-0.25, -0.2) is 4.79 Å². The highest BCUT2D eigenvalue weighted by atomic mass is 16.6. The average Bonchev–Trinajstić information content (AvgIpc) is 2.66. The van der Waals surface area contributed by atoms with Gasteiger partial charge in [0.25, 0.3) is 11.6 Å². The monoisotopic (exact) mass is 371 g/mol. The minimum Gasteiger partial charge on any atom is -0.452 e. The Labute approximate surface area is 156 Å². The van der Waals surface area contributed by atoms with Gasteiger partial charge in [0, 0.05) is 17.8 Å². The van der Waals surface area contributed by atoms with Crippen LogP contribution in [0, 0.1) is 10.1 Å². The standard InChI is InChI=1S/C19H21N3O5/c1-2-6-17(13-7-4-3-5-8-13)21-18(23)12-27-19(24)15-11-14(22(25)26)9-10-16(15)20/h3-5,7-11,17H,2,6,12,20H2,1H3,(H,21,23)/t17-/m0/s1. The van der Waals surface area contributed by atoms with E-state index in [9.17, 15) is 19.7 Å². The smallest absolute Gasteiger partial charge is 0.341 e. The van der Waals surface area contributed by atoms with E-state index in [1.807, 2.05) is 37.3 Å². The molecule has 8 heteroatoms. The predicted molar refractivity (Wildman–Crippen MR) is 100 cm³/mol. The Morgan fingerprint density at radius 2 is 1.93 bits per heavy atom. The molecule has 27 heavy (non-hydrogen) atoms. The number of benzene rings is 2. The summed E-state index contributed by atoms with van der Waals surface area (Å²) < 4.78 is 4.97. The maximum absolute atomic E-state index is 12.2. The molecule has 0 aliphatic heterocycles. The van der Waals surface area contributed by atoms with E-state index in [0.29, 0.717) is 0 Å². The van der Waals surface area contributed by atoms with Gasteiger partial charge in [-0.2, -0.15) is 0 Å². The van der Waals surface area contributed by atoms with Crippen molar-refractivity contribution in [3.63, 3.8) is 0 Å². The highest BCUT2D eigenvalue weighted by Crippen LogP contribution is 2.21. The third kappa shape index (κ3) is 5.53. The number of hydrogen-bond acceptors (Lipinski definition) is 6. The second-order valence-electron chi connectivity index (χ2n) is 5.92. The minimum atomic E-state index is -0.891. The predicted octanol–water partition coefficient (Wildman–Crippen LogP) is 2.99. The van der Waals surface area contributed by atoms with Gasteiger partial charge in [0.2, 0.25) is 0 Å². The zero-order valence-corrected chi connectivity index (χ0v) is 14.9. The molecule has 1 atom stereocenters. The van der Waals surface area contributed by atoms with Crippen LogP contribution in [-0.4, -0.2) is 23.4 Å². The third-order valence-electron chi connectivity index (χ3n) is 3.92. The van der Waals surface area contributed by atoms with Crippen LogP contribution in [0.15, 0.2) is 48.5 Å². The fraction of sp³-hybridized carbons (Fsp3) is 0.263. The third-order valence-corrected chi connectivity index (χ3v) is 3.92. The average molecular weight is 371 g/mol. The van der Waals surface area contributed by atoms with Gasteiger partial charge in [-0.05, 0) is 18.1 Å². The molecule has 0 aliphatic carbocycles. The zero-order chi connectivity index (χ0) is 19.8. The molecule has 0 bridgehead atoms. The van der Waals surface area contributed by atoms with Gasteiger partial charge >= 0.3 is 5.97 Å². The van der Waals surface area contributed by atoms with E-state index >= 15 is 0 Å². The number of ether oxygens (including phenoxy) is 1. The first-order chi connectivity index (χ1) is 12.9. The number of nitrogens with zero attached hydrogens (tertiary/aromatic N) is 1. The number of anilines is 1. The lowest BCUT2D eigenvalue weighted by Gasteiger charge is -2.18. The molecule has 2 aromatic rings. The molecule has 0 aromatic heterocycles. The zero-order valence-electron chi connectivity index (χ0n) is 14.9. The molecule has 2 aromatic carbocycles. The van der Waals surface area contributed by atoms with E-state index < -0.39 is 23.4 Å². The highest BCUT2D eigenvalue weighted by molar-refractivity contribution is 5.97. The lowest BCUT2D eigenvalue weighted by atomic mass is 10.0. The van der Waals surface area contributed by atoms with Crippen LogP contribution in [0.3, 0.4) is 0 Å². The van der Waals surface area contributed by atoms with Crippen molar-refractivity contribution in [1.29, 1.82) is 0 Å². The molecule has 0 spiro atoms. The summed E-state index contributed by atoms with van der Waals surface area (Å²) >= 11 is 0. The Hall–Kier alpha value is -3.42. The fourth-order valence-electron chi connectivity index (χ4n) is 2.58. The van der Waals surface area contributed by atoms with Crippen molar-refractivity contribution in [3.05, 3.63) is 69.8 Å². The molecule has 8 nitrogen and oxygen atoms in total. The molecule has 0 radical (unpaired) electrons. The number of non-ortho nitro benzene ring substituents is 1. The minimum absolute atomic E-state index is 0.0409. The van der Waals surface area contributed by atoms with E-state index in [2.05, 4.69) is 5.32 Å². The quantitative estimate of drug-likeness (QED) is 0.318. The summed E-state index contributed by atoms with van der Waals surface area (Å²) in [5.74, 6) is -1.35. The number of amides is 1. The summed E-state index contributed by atoms with van der Waals surface area (Å²) in [7, 11) is 0. The van der Waals surface area contributed by atoms with Crippen LogP contribution in [0.2, 0.25) is 0 Å². The van der Waals surface area contributed by atoms with Crippen molar-refractivity contribution in [1.82, 2.24) is 5.32 Å². The fourth-order valence-corrected chi connectivity index (χ4v) is 2.58. The van der Waals surface area contributed by atoms with Crippen molar-refractivity contribution in [2.75, 3.05) is 12.3 Å². The van der Waals surface area contributed by atoms with E-state index in [1.54, 1.807) is 0 Å².